The van der Waals surface area contributed by atoms with E-state index in [0.29, 0.717) is 11.7 Å². The SMILES string of the molecule is CC(C)(C)O.COC(=O)Cc1c(C)c2c3c(cc(C)n3CCN2c2ncc(OC)cn2)c1-c1ccc(C)cc1. The van der Waals surface area contributed by atoms with Crippen LogP contribution in [0.2, 0.25) is 0 Å². The number of ether oxygens (including phenoxy) is 2. The first kappa shape index (κ1) is 28.1. The Kier molecular flexibility index (Phi) is 7.97. The molecule has 0 amide bonds. The van der Waals surface area contributed by atoms with Gasteiger partial charge in [0, 0.05) is 24.2 Å². The number of carbonyl (C=O) groups excluding carboxylic acids is 1. The van der Waals surface area contributed by atoms with Crippen molar-refractivity contribution >= 4 is 28.5 Å². The van der Waals surface area contributed by atoms with Gasteiger partial charge in [-0.3, -0.25) is 4.79 Å². The molecule has 0 spiro atoms. The van der Waals surface area contributed by atoms with Crippen molar-refractivity contribution in [3.63, 3.8) is 0 Å². The molecule has 5 rings (SSSR count). The molecule has 0 aliphatic carbocycles. The standard InChI is InChI=1S/C27H28N4O3.C4H10O/c1-16-6-8-19(9-7-16)24-21(13-23(32)34-5)18(3)25-26-22(24)12-17(2)30(26)10-11-31(25)27-28-14-20(33-4)15-29-27;1-4(2,3)5/h6-9,12,14-15H,10-11,13H2,1-5H3;5H,1-3H3. The number of aliphatic hydroxyl groups is 1. The van der Waals surface area contributed by atoms with Crippen molar-refractivity contribution in [2.45, 2.75) is 60.1 Å². The molecule has 0 fully saturated rings. The van der Waals surface area contributed by atoms with Gasteiger partial charge in [0.25, 0.3) is 0 Å². The van der Waals surface area contributed by atoms with Crippen LogP contribution < -0.4 is 9.64 Å². The summed E-state index contributed by atoms with van der Waals surface area (Å²) in [6, 6.07) is 10.7. The van der Waals surface area contributed by atoms with E-state index >= 15 is 0 Å². The van der Waals surface area contributed by atoms with Gasteiger partial charge in [-0.15, -0.1) is 0 Å². The summed E-state index contributed by atoms with van der Waals surface area (Å²) < 4.78 is 12.7. The number of methoxy groups -OCH3 is 2. The fourth-order valence-corrected chi connectivity index (χ4v) is 4.97. The predicted octanol–water partition coefficient (Wildman–Crippen LogP) is 5.68. The van der Waals surface area contributed by atoms with Crippen molar-refractivity contribution in [1.29, 1.82) is 0 Å². The molecule has 0 unspecified atom stereocenters. The van der Waals surface area contributed by atoms with Crippen molar-refractivity contribution in [3.05, 3.63) is 65.1 Å². The highest BCUT2D eigenvalue weighted by Crippen LogP contribution is 2.46. The third-order valence-electron chi connectivity index (χ3n) is 6.71. The summed E-state index contributed by atoms with van der Waals surface area (Å²) in [4.78, 5) is 23.8. The third kappa shape index (κ3) is 5.91. The lowest BCUT2D eigenvalue weighted by Gasteiger charge is -2.33. The molecular formula is C31H38N4O4. The van der Waals surface area contributed by atoms with Crippen molar-refractivity contribution in [2.24, 2.45) is 0 Å². The van der Waals surface area contributed by atoms with E-state index in [0.717, 1.165) is 51.9 Å². The number of rotatable bonds is 5. The van der Waals surface area contributed by atoms with Crippen LogP contribution in [-0.2, 0) is 22.5 Å². The maximum Gasteiger partial charge on any atom is 0.310 e. The summed E-state index contributed by atoms with van der Waals surface area (Å²) in [5.41, 5.74) is 8.24. The molecule has 0 atom stereocenters. The second-order valence-corrected chi connectivity index (χ2v) is 10.9. The first-order valence-electron chi connectivity index (χ1n) is 13.1. The normalized spacial score (nSPS) is 12.7. The van der Waals surface area contributed by atoms with Crippen molar-refractivity contribution in [3.8, 4) is 16.9 Å². The van der Waals surface area contributed by atoms with E-state index in [2.05, 4.69) is 70.5 Å². The highest BCUT2D eigenvalue weighted by atomic mass is 16.5. The minimum absolute atomic E-state index is 0.190. The lowest BCUT2D eigenvalue weighted by Crippen LogP contribution is -2.30. The molecule has 8 heteroatoms. The summed E-state index contributed by atoms with van der Waals surface area (Å²) in [6.07, 6.45) is 3.56. The number of benzene rings is 2. The first-order chi connectivity index (χ1) is 18.4. The molecule has 2 aromatic heterocycles. The van der Waals surface area contributed by atoms with E-state index in [1.807, 2.05) is 0 Å². The van der Waals surface area contributed by atoms with Gasteiger partial charge in [0.2, 0.25) is 5.95 Å². The van der Waals surface area contributed by atoms with Crippen molar-refractivity contribution in [1.82, 2.24) is 14.5 Å². The number of aryl methyl sites for hydroxylation is 2. The van der Waals surface area contributed by atoms with Crippen LogP contribution in [0.5, 0.6) is 5.75 Å². The molecule has 0 saturated heterocycles. The van der Waals surface area contributed by atoms with Crippen molar-refractivity contribution in [2.75, 3.05) is 25.7 Å². The summed E-state index contributed by atoms with van der Waals surface area (Å²) in [5, 5.41) is 9.64. The third-order valence-corrected chi connectivity index (χ3v) is 6.71. The van der Waals surface area contributed by atoms with Gasteiger partial charge in [-0.05, 0) is 69.9 Å². The molecule has 1 N–H and O–H groups in total. The van der Waals surface area contributed by atoms with Crippen LogP contribution in [0.1, 0.15) is 43.2 Å². The van der Waals surface area contributed by atoms with Gasteiger partial charge in [-0.1, -0.05) is 29.8 Å². The minimum atomic E-state index is -0.500. The van der Waals surface area contributed by atoms with Gasteiger partial charge in [0.15, 0.2) is 5.75 Å². The summed E-state index contributed by atoms with van der Waals surface area (Å²) in [5.74, 6) is 0.965. The van der Waals surface area contributed by atoms with Crippen molar-refractivity contribution < 1.29 is 19.4 Å². The van der Waals surface area contributed by atoms with Gasteiger partial charge < -0.3 is 24.0 Å². The number of nitrogens with zero attached hydrogens (tertiary/aromatic N) is 4. The number of anilines is 2. The summed E-state index contributed by atoms with van der Waals surface area (Å²) >= 11 is 0. The predicted molar refractivity (Wildman–Crippen MR) is 155 cm³/mol. The second-order valence-electron chi connectivity index (χ2n) is 10.9. The molecule has 0 bridgehead atoms. The molecule has 39 heavy (non-hydrogen) atoms. The zero-order valence-corrected chi connectivity index (χ0v) is 24.1. The highest BCUT2D eigenvalue weighted by molar-refractivity contribution is 6.08. The van der Waals surface area contributed by atoms with E-state index in [4.69, 9.17) is 14.6 Å². The Morgan fingerprint density at radius 3 is 2.21 bits per heavy atom. The Morgan fingerprint density at radius 2 is 1.64 bits per heavy atom. The number of aromatic nitrogens is 3. The summed E-state index contributed by atoms with van der Waals surface area (Å²) in [7, 11) is 3.04. The van der Waals surface area contributed by atoms with Gasteiger partial charge >= 0.3 is 5.97 Å². The first-order valence-corrected chi connectivity index (χ1v) is 13.1. The number of hydrogen-bond donors (Lipinski definition) is 1. The molecule has 3 heterocycles. The number of hydrogen-bond acceptors (Lipinski definition) is 7. The van der Waals surface area contributed by atoms with Gasteiger partial charge in [-0.25, -0.2) is 9.97 Å². The van der Waals surface area contributed by atoms with Crippen LogP contribution >= 0.6 is 0 Å². The van der Waals surface area contributed by atoms with E-state index in [1.54, 1.807) is 40.3 Å². The Bertz CT molecular complexity index is 1480. The molecule has 1 aliphatic heterocycles. The van der Waals surface area contributed by atoms with Gasteiger partial charge in [0.1, 0.15) is 0 Å². The lowest BCUT2D eigenvalue weighted by molar-refractivity contribution is -0.139. The van der Waals surface area contributed by atoms with Crippen LogP contribution in [0.25, 0.3) is 22.0 Å². The quantitative estimate of drug-likeness (QED) is 0.332. The van der Waals surface area contributed by atoms with Crippen LogP contribution in [0.4, 0.5) is 11.6 Å². The zero-order valence-electron chi connectivity index (χ0n) is 24.1. The van der Waals surface area contributed by atoms with Crippen LogP contribution in [0, 0.1) is 20.8 Å². The molecule has 2 aromatic carbocycles. The number of esters is 1. The maximum atomic E-state index is 12.5. The van der Waals surface area contributed by atoms with Crippen LogP contribution in [0.3, 0.4) is 0 Å². The zero-order chi connectivity index (χ0) is 28.5. The van der Waals surface area contributed by atoms with Crippen LogP contribution in [0.15, 0.2) is 42.7 Å². The Morgan fingerprint density at radius 1 is 1.03 bits per heavy atom. The van der Waals surface area contributed by atoms with E-state index < -0.39 is 5.60 Å². The smallest absolute Gasteiger partial charge is 0.310 e. The van der Waals surface area contributed by atoms with E-state index in [9.17, 15) is 4.79 Å². The number of carbonyl (C=O) groups is 1. The largest absolute Gasteiger partial charge is 0.494 e. The average molecular weight is 531 g/mol. The molecule has 206 valence electrons. The lowest BCUT2D eigenvalue weighted by atomic mass is 9.88. The monoisotopic (exact) mass is 530 g/mol. The molecule has 1 aliphatic rings. The van der Waals surface area contributed by atoms with Gasteiger partial charge in [-0.2, -0.15) is 0 Å². The Balaban J connectivity index is 0.000000648. The fourth-order valence-electron chi connectivity index (χ4n) is 4.97. The fraction of sp³-hybridized carbons (Fsp3) is 0.387. The Hall–Kier alpha value is -3.91. The second kappa shape index (κ2) is 11.1. The molecule has 4 aromatic rings. The van der Waals surface area contributed by atoms with E-state index in [1.165, 1.54) is 18.4 Å². The molecular weight excluding hydrogens is 492 g/mol. The molecule has 8 nitrogen and oxygen atoms in total. The van der Waals surface area contributed by atoms with E-state index in [-0.39, 0.29) is 12.4 Å². The minimum Gasteiger partial charge on any atom is -0.494 e. The Labute approximate surface area is 230 Å². The maximum absolute atomic E-state index is 12.5. The molecule has 0 radical (unpaired) electrons. The van der Waals surface area contributed by atoms with Crippen LogP contribution in [-0.4, -0.2) is 52.0 Å². The highest BCUT2D eigenvalue weighted by Gasteiger charge is 2.30. The topological polar surface area (TPSA) is 89.7 Å². The molecule has 0 saturated carbocycles. The van der Waals surface area contributed by atoms with Gasteiger partial charge in [0.05, 0.1) is 49.8 Å². The average Bonchev–Trinajstić information content (AvgIpc) is 3.23. The summed E-state index contributed by atoms with van der Waals surface area (Å²) in [6.45, 7) is 13.1.